The van der Waals surface area contributed by atoms with Crippen LogP contribution >= 0.6 is 0 Å². The van der Waals surface area contributed by atoms with Crippen molar-refractivity contribution < 1.29 is 52.8 Å². The molecule has 0 aliphatic carbocycles. The zero-order valence-corrected chi connectivity index (χ0v) is 20.3. The van der Waals surface area contributed by atoms with E-state index in [0.29, 0.717) is 0 Å². The van der Waals surface area contributed by atoms with Crippen molar-refractivity contribution in [2.24, 2.45) is 5.92 Å². The highest BCUT2D eigenvalue weighted by Crippen LogP contribution is 2.05. The van der Waals surface area contributed by atoms with E-state index in [2.05, 4.69) is 30.7 Å². The van der Waals surface area contributed by atoms with Gasteiger partial charge in [-0.05, 0) is 20.3 Å². The fourth-order valence-electron chi connectivity index (χ4n) is 2.14. The second-order valence-corrected chi connectivity index (χ2v) is 6.87. The number of hydrogen-bond acceptors (Lipinski definition) is 10. The van der Waals surface area contributed by atoms with Gasteiger partial charge in [-0.15, -0.1) is 0 Å². The Labute approximate surface area is 233 Å². The molecule has 0 aromatic carbocycles. The zero-order valence-electron chi connectivity index (χ0n) is 20.3. The van der Waals surface area contributed by atoms with Gasteiger partial charge >= 0.3 is 30.3 Å². The second-order valence-electron chi connectivity index (χ2n) is 6.87. The van der Waals surface area contributed by atoms with E-state index in [0.717, 1.165) is 0 Å². The lowest BCUT2D eigenvalue weighted by molar-refractivity contribution is -0.142. The molecular formula is C24H52N4O11. The number of hydrogen-bond donors (Lipinski definition) is 5. The molecule has 0 saturated heterocycles. The summed E-state index contributed by atoms with van der Waals surface area (Å²) < 4.78 is 24.9. The van der Waals surface area contributed by atoms with Gasteiger partial charge in [-0.2, -0.15) is 0 Å². The number of carbonyl (C=O) groups excluding carboxylic acids is 4. The first-order chi connectivity index (χ1) is 16.7. The van der Waals surface area contributed by atoms with Crippen molar-refractivity contribution in [1.82, 2.24) is 21.3 Å². The maximum absolute atomic E-state index is 11.8. The Bertz CT molecular complexity index is 624. The van der Waals surface area contributed by atoms with Gasteiger partial charge in [0.25, 0.3) is 0 Å². The monoisotopic (exact) mass is 572 g/mol. The first-order valence-electron chi connectivity index (χ1n) is 11.2. The molecule has 0 aromatic rings. The molecule has 0 aliphatic heterocycles. The number of aliphatic carboxylic acids is 1. The van der Waals surface area contributed by atoms with E-state index in [-0.39, 0.29) is 95.3 Å². The predicted octanol–water partition coefficient (Wildman–Crippen LogP) is 2.97. The van der Waals surface area contributed by atoms with Crippen LogP contribution in [0.3, 0.4) is 0 Å². The van der Waals surface area contributed by atoms with E-state index < -0.39 is 42.4 Å². The third-order valence-electron chi connectivity index (χ3n) is 4.00. The summed E-state index contributed by atoms with van der Waals surface area (Å²) in [7, 11) is 0. The minimum atomic E-state index is -0.982. The Morgan fingerprint density at radius 3 is 1.28 bits per heavy atom. The van der Waals surface area contributed by atoms with Gasteiger partial charge < -0.3 is 50.1 Å². The van der Waals surface area contributed by atoms with Crippen LogP contribution in [0.1, 0.15) is 56.9 Å². The SMILES string of the molecule is C.C.C.C.CCOC(=O)NCCNC(=O)OCC(COC(=O)NCCNC(=O)OCC)OCCC(C)C(=O)O. The van der Waals surface area contributed by atoms with Crippen LogP contribution in [-0.2, 0) is 28.5 Å². The maximum atomic E-state index is 11.8. The van der Waals surface area contributed by atoms with Crippen molar-refractivity contribution in [2.45, 2.75) is 63.0 Å². The lowest BCUT2D eigenvalue weighted by Gasteiger charge is -2.19. The summed E-state index contributed by atoms with van der Waals surface area (Å²) in [6.07, 6.45) is -3.47. The van der Waals surface area contributed by atoms with E-state index in [1.807, 2.05) is 0 Å². The van der Waals surface area contributed by atoms with Gasteiger partial charge in [0.05, 0.1) is 19.1 Å². The van der Waals surface area contributed by atoms with Crippen molar-refractivity contribution in [1.29, 1.82) is 0 Å². The number of alkyl carbamates (subject to hydrolysis) is 4. The van der Waals surface area contributed by atoms with Gasteiger partial charge in [-0.1, -0.05) is 36.6 Å². The molecule has 15 heteroatoms. The van der Waals surface area contributed by atoms with E-state index in [4.69, 9.17) is 19.3 Å². The summed E-state index contributed by atoms with van der Waals surface area (Å²) in [6, 6.07) is 0. The number of amides is 4. The van der Waals surface area contributed by atoms with E-state index in [1.165, 1.54) is 6.92 Å². The highest BCUT2D eigenvalue weighted by Gasteiger charge is 2.18. The van der Waals surface area contributed by atoms with Crippen molar-refractivity contribution in [3.63, 3.8) is 0 Å². The molecule has 4 amide bonds. The van der Waals surface area contributed by atoms with Crippen molar-refractivity contribution >= 4 is 30.3 Å². The molecule has 0 heterocycles. The van der Waals surface area contributed by atoms with Crippen molar-refractivity contribution in [3.8, 4) is 0 Å². The van der Waals surface area contributed by atoms with Crippen molar-refractivity contribution in [2.75, 3.05) is 59.2 Å². The Kier molecular flexibility index (Phi) is 33.9. The fraction of sp³-hybridized carbons (Fsp3) is 0.792. The summed E-state index contributed by atoms with van der Waals surface area (Å²) in [6.45, 7) is 5.15. The Morgan fingerprint density at radius 1 is 0.641 bits per heavy atom. The maximum Gasteiger partial charge on any atom is 0.407 e. The van der Waals surface area contributed by atoms with Crippen molar-refractivity contribution in [3.05, 3.63) is 0 Å². The summed E-state index contributed by atoms with van der Waals surface area (Å²) >= 11 is 0. The number of carboxylic acids is 1. The average molecular weight is 573 g/mol. The zero-order chi connectivity index (χ0) is 26.5. The van der Waals surface area contributed by atoms with E-state index in [9.17, 15) is 24.0 Å². The number of carbonyl (C=O) groups is 5. The van der Waals surface area contributed by atoms with E-state index in [1.54, 1.807) is 13.8 Å². The summed E-state index contributed by atoms with van der Waals surface area (Å²) in [5.74, 6) is -1.63. The Balaban J connectivity index is -0.000000963. The second kappa shape index (κ2) is 29.1. The average Bonchev–Trinajstić information content (AvgIpc) is 2.81. The molecule has 5 N–H and O–H groups in total. The molecule has 0 aromatic heterocycles. The molecule has 0 fully saturated rings. The number of nitrogens with one attached hydrogen (secondary N) is 4. The number of rotatable bonds is 17. The van der Waals surface area contributed by atoms with Gasteiger partial charge in [0.2, 0.25) is 0 Å². The third kappa shape index (κ3) is 27.4. The van der Waals surface area contributed by atoms with Crippen LogP contribution in [0.25, 0.3) is 0 Å². The normalized spacial score (nSPS) is 9.95. The number of ether oxygens (including phenoxy) is 5. The summed E-state index contributed by atoms with van der Waals surface area (Å²) in [5, 5.41) is 18.6. The van der Waals surface area contributed by atoms with E-state index >= 15 is 0 Å². The van der Waals surface area contributed by atoms with Crippen LogP contribution in [0.2, 0.25) is 0 Å². The lowest BCUT2D eigenvalue weighted by atomic mass is 10.1. The van der Waals surface area contributed by atoms with Gasteiger partial charge in [-0.3, -0.25) is 4.79 Å². The van der Waals surface area contributed by atoms with Crippen LogP contribution in [-0.4, -0.2) is 101 Å². The van der Waals surface area contributed by atoms with Gasteiger partial charge in [0, 0.05) is 32.8 Å². The summed E-state index contributed by atoms with van der Waals surface area (Å²) in [5.41, 5.74) is 0. The molecule has 39 heavy (non-hydrogen) atoms. The molecule has 0 rings (SSSR count). The van der Waals surface area contributed by atoms with Crippen LogP contribution < -0.4 is 21.3 Å². The molecular weight excluding hydrogens is 520 g/mol. The summed E-state index contributed by atoms with van der Waals surface area (Å²) in [4.78, 5) is 56.9. The first-order valence-corrected chi connectivity index (χ1v) is 11.2. The van der Waals surface area contributed by atoms with Crippen LogP contribution in [0, 0.1) is 5.92 Å². The van der Waals surface area contributed by atoms with Gasteiger partial charge in [0.1, 0.15) is 19.3 Å². The largest absolute Gasteiger partial charge is 0.481 e. The highest BCUT2D eigenvalue weighted by atomic mass is 16.6. The van der Waals surface area contributed by atoms with Gasteiger partial charge in [-0.25, -0.2) is 19.2 Å². The molecule has 1 unspecified atom stereocenters. The lowest BCUT2D eigenvalue weighted by Crippen LogP contribution is -2.38. The quantitative estimate of drug-likeness (QED) is 0.127. The van der Waals surface area contributed by atoms with Gasteiger partial charge in [0.15, 0.2) is 0 Å². The molecule has 0 radical (unpaired) electrons. The first kappa shape index (κ1) is 45.4. The fourth-order valence-corrected chi connectivity index (χ4v) is 2.14. The standard InChI is InChI=1S/C20H36N4O11.4CH4/c1-4-31-17(27)21-7-9-23-19(29)34-12-15(33-11-6-14(3)16(25)26)13-35-20(30)24-10-8-22-18(28)32-5-2;;;;/h14-15H,4-13H2,1-3H3,(H,21,27)(H,22,28)(H,23,29)(H,24,30)(H,25,26);4*1H4. The molecule has 15 nitrogen and oxygen atoms in total. The molecule has 0 saturated carbocycles. The molecule has 0 spiro atoms. The van der Waals surface area contributed by atoms with Crippen LogP contribution in [0.15, 0.2) is 0 Å². The smallest absolute Gasteiger partial charge is 0.407 e. The highest BCUT2D eigenvalue weighted by molar-refractivity contribution is 5.70. The van der Waals surface area contributed by atoms with Crippen LogP contribution in [0.4, 0.5) is 19.2 Å². The topological polar surface area (TPSA) is 200 Å². The Morgan fingerprint density at radius 2 is 0.974 bits per heavy atom. The molecule has 0 bridgehead atoms. The molecule has 0 aliphatic rings. The third-order valence-corrected chi connectivity index (χ3v) is 4.00. The van der Waals surface area contributed by atoms with Crippen LogP contribution in [0.5, 0.6) is 0 Å². The minimum Gasteiger partial charge on any atom is -0.481 e. The number of carboxylic acid groups (broad SMARTS) is 1. The molecule has 234 valence electrons. The molecule has 1 atom stereocenters. The minimum absolute atomic E-state index is 0. The Hall–Kier alpha value is -3.49. The predicted molar refractivity (Wildman–Crippen MR) is 147 cm³/mol.